The molecule has 1 aromatic heterocycles. The number of nitrogens with one attached hydrogen (secondary N) is 2. The lowest BCUT2D eigenvalue weighted by atomic mass is 10.3. The monoisotopic (exact) mass is 284 g/mol. The van der Waals surface area contributed by atoms with E-state index in [1.165, 1.54) is 6.20 Å². The fourth-order valence-corrected chi connectivity index (χ4v) is 2.62. The molecule has 0 fully saturated rings. The maximum absolute atomic E-state index is 11.9. The Kier molecular flexibility index (Phi) is 3.64. The predicted molar refractivity (Wildman–Crippen MR) is 79.1 cm³/mol. The smallest absolute Gasteiger partial charge is 0.271 e. The molecule has 1 aliphatic heterocycles. The number of para-hydroxylation sites is 1. The number of hydrazine groups is 1. The number of hydrogen-bond acceptors (Lipinski definition) is 5. The minimum absolute atomic E-state index is 0.232. The van der Waals surface area contributed by atoms with Gasteiger partial charge in [-0.2, -0.15) is 0 Å². The molecule has 5 nitrogen and oxygen atoms in total. The van der Waals surface area contributed by atoms with Crippen LogP contribution in [0.2, 0.25) is 0 Å². The summed E-state index contributed by atoms with van der Waals surface area (Å²) in [6, 6.07) is 11.3. The number of rotatable bonds is 1. The van der Waals surface area contributed by atoms with Crippen LogP contribution in [0.15, 0.2) is 58.7 Å². The largest absolute Gasteiger partial charge is 0.284 e. The molecule has 2 N–H and O–H groups in total. The Hall–Kier alpha value is -2.34. The van der Waals surface area contributed by atoms with Crippen molar-refractivity contribution in [3.05, 3.63) is 54.4 Å². The highest BCUT2D eigenvalue weighted by molar-refractivity contribution is 8.00. The van der Waals surface area contributed by atoms with E-state index < -0.39 is 0 Å². The third-order valence-corrected chi connectivity index (χ3v) is 3.80. The Bertz CT molecular complexity index is 657. The average Bonchev–Trinajstić information content (AvgIpc) is 2.53. The van der Waals surface area contributed by atoms with E-state index in [0.717, 1.165) is 16.4 Å². The highest BCUT2D eigenvalue weighted by Crippen LogP contribution is 2.32. The van der Waals surface area contributed by atoms with Crippen LogP contribution in [0.3, 0.4) is 0 Å². The van der Waals surface area contributed by atoms with E-state index in [1.54, 1.807) is 30.1 Å². The molecule has 1 aliphatic rings. The molecule has 0 saturated heterocycles. The van der Waals surface area contributed by atoms with Crippen LogP contribution in [-0.4, -0.2) is 22.5 Å². The van der Waals surface area contributed by atoms with Crippen molar-refractivity contribution in [3.8, 4) is 0 Å². The highest BCUT2D eigenvalue weighted by Gasteiger charge is 2.12. The number of thioether (sulfide) groups is 1. The van der Waals surface area contributed by atoms with E-state index in [4.69, 9.17) is 0 Å². The molecule has 0 atom stereocenters. The van der Waals surface area contributed by atoms with Gasteiger partial charge in [-0.25, -0.2) is 4.99 Å². The van der Waals surface area contributed by atoms with Crippen molar-refractivity contribution in [2.75, 3.05) is 5.75 Å². The zero-order valence-corrected chi connectivity index (χ0v) is 11.4. The van der Waals surface area contributed by atoms with E-state index >= 15 is 0 Å². The fraction of sp³-hybridized carbons (Fsp3) is 0.0714. The van der Waals surface area contributed by atoms with Gasteiger partial charge in [0.05, 0.1) is 17.0 Å². The van der Waals surface area contributed by atoms with Crippen LogP contribution in [-0.2, 0) is 0 Å². The van der Waals surface area contributed by atoms with Gasteiger partial charge in [-0.05, 0) is 24.3 Å². The number of aliphatic imine (C=N–C) groups is 1. The number of benzene rings is 1. The Morgan fingerprint density at radius 2 is 2.10 bits per heavy atom. The van der Waals surface area contributed by atoms with Crippen molar-refractivity contribution in [1.82, 2.24) is 15.8 Å². The van der Waals surface area contributed by atoms with Crippen molar-refractivity contribution in [1.29, 1.82) is 0 Å². The Labute approximate surface area is 120 Å². The molecule has 0 bridgehead atoms. The van der Waals surface area contributed by atoms with Crippen molar-refractivity contribution < 1.29 is 4.79 Å². The van der Waals surface area contributed by atoms with Gasteiger partial charge in [0.2, 0.25) is 0 Å². The molecule has 0 aliphatic carbocycles. The fourth-order valence-electron chi connectivity index (χ4n) is 1.76. The molecule has 20 heavy (non-hydrogen) atoms. The lowest BCUT2D eigenvalue weighted by Crippen LogP contribution is -2.43. The van der Waals surface area contributed by atoms with Crippen LogP contribution < -0.4 is 10.9 Å². The molecular weight excluding hydrogens is 272 g/mol. The summed E-state index contributed by atoms with van der Waals surface area (Å²) >= 11 is 1.69. The zero-order valence-electron chi connectivity index (χ0n) is 10.5. The first-order valence-corrected chi connectivity index (χ1v) is 7.07. The Balaban J connectivity index is 1.65. The Morgan fingerprint density at radius 1 is 1.20 bits per heavy atom. The second-order valence-corrected chi connectivity index (χ2v) is 5.15. The number of amidine groups is 1. The summed E-state index contributed by atoms with van der Waals surface area (Å²) in [5.41, 5.74) is 6.91. The van der Waals surface area contributed by atoms with Crippen molar-refractivity contribution in [3.63, 3.8) is 0 Å². The second kappa shape index (κ2) is 5.75. The number of amides is 1. The molecule has 2 aromatic rings. The van der Waals surface area contributed by atoms with Crippen LogP contribution in [0.4, 0.5) is 5.69 Å². The van der Waals surface area contributed by atoms with Gasteiger partial charge in [0.25, 0.3) is 5.91 Å². The maximum Gasteiger partial charge on any atom is 0.271 e. The summed E-state index contributed by atoms with van der Waals surface area (Å²) in [4.78, 5) is 21.4. The summed E-state index contributed by atoms with van der Waals surface area (Å²) in [5.74, 6) is 1.19. The molecule has 0 radical (unpaired) electrons. The number of carbonyl (C=O) groups is 1. The third kappa shape index (κ3) is 2.80. The van der Waals surface area contributed by atoms with E-state index in [1.807, 2.05) is 24.3 Å². The number of pyridine rings is 1. The van der Waals surface area contributed by atoms with Crippen LogP contribution in [0.5, 0.6) is 0 Å². The first-order chi connectivity index (χ1) is 9.83. The van der Waals surface area contributed by atoms with Crippen LogP contribution >= 0.6 is 11.8 Å². The highest BCUT2D eigenvalue weighted by atomic mass is 32.2. The molecule has 0 unspecified atom stereocenters. The predicted octanol–water partition coefficient (Wildman–Crippen LogP) is 2.15. The van der Waals surface area contributed by atoms with Gasteiger partial charge >= 0.3 is 0 Å². The minimum atomic E-state index is -0.232. The van der Waals surface area contributed by atoms with Crippen LogP contribution in [0.1, 0.15) is 10.4 Å². The number of aromatic nitrogens is 1. The molecule has 0 saturated carbocycles. The molecule has 1 aromatic carbocycles. The summed E-state index contributed by atoms with van der Waals surface area (Å²) < 4.78 is 0. The van der Waals surface area contributed by atoms with E-state index in [0.29, 0.717) is 11.3 Å². The molecule has 2 heterocycles. The first kappa shape index (κ1) is 12.7. The van der Waals surface area contributed by atoms with Gasteiger partial charge in [-0.3, -0.25) is 20.6 Å². The summed E-state index contributed by atoms with van der Waals surface area (Å²) in [5, 5.41) is 0. The molecule has 6 heteroatoms. The number of fused-ring (bicyclic) bond motifs is 1. The number of hydrogen-bond donors (Lipinski definition) is 2. The average molecular weight is 284 g/mol. The van der Waals surface area contributed by atoms with E-state index in [2.05, 4.69) is 20.8 Å². The van der Waals surface area contributed by atoms with Crippen molar-refractivity contribution >= 4 is 29.2 Å². The molecule has 0 spiro atoms. The summed E-state index contributed by atoms with van der Waals surface area (Å²) in [6.45, 7) is 0. The second-order valence-electron chi connectivity index (χ2n) is 4.14. The topological polar surface area (TPSA) is 66.4 Å². The minimum Gasteiger partial charge on any atom is -0.284 e. The van der Waals surface area contributed by atoms with Gasteiger partial charge in [0.1, 0.15) is 5.84 Å². The van der Waals surface area contributed by atoms with Crippen molar-refractivity contribution in [2.24, 2.45) is 4.99 Å². The lowest BCUT2D eigenvalue weighted by molar-refractivity contribution is 0.0943. The van der Waals surface area contributed by atoms with Gasteiger partial charge in [-0.1, -0.05) is 12.1 Å². The van der Waals surface area contributed by atoms with E-state index in [-0.39, 0.29) is 5.91 Å². The third-order valence-electron chi connectivity index (χ3n) is 2.73. The first-order valence-electron chi connectivity index (χ1n) is 6.09. The standard InChI is InChI=1S/C14H12N4OS/c19-14(10-4-3-7-15-8-10)18-17-13-9-20-12-6-2-1-5-11(12)16-13/h1-8H,9H2,(H,16,17)(H,18,19). The zero-order chi connectivity index (χ0) is 13.8. The Morgan fingerprint density at radius 3 is 2.95 bits per heavy atom. The quantitative estimate of drug-likeness (QED) is 0.787. The van der Waals surface area contributed by atoms with Gasteiger partial charge in [-0.15, -0.1) is 11.8 Å². The van der Waals surface area contributed by atoms with Gasteiger partial charge < -0.3 is 0 Å². The SMILES string of the molecule is O=C(NNC1=Nc2ccccc2SC1)c1cccnc1. The maximum atomic E-state index is 11.9. The lowest BCUT2D eigenvalue weighted by Gasteiger charge is -2.16. The van der Waals surface area contributed by atoms with Crippen LogP contribution in [0.25, 0.3) is 0 Å². The summed E-state index contributed by atoms with van der Waals surface area (Å²) in [7, 11) is 0. The normalized spacial score (nSPS) is 13.1. The van der Waals surface area contributed by atoms with Gasteiger partial charge in [0, 0.05) is 17.3 Å². The molecule has 1 amide bonds. The van der Waals surface area contributed by atoms with E-state index in [9.17, 15) is 4.79 Å². The molecule has 3 rings (SSSR count). The van der Waals surface area contributed by atoms with Crippen molar-refractivity contribution in [2.45, 2.75) is 4.90 Å². The van der Waals surface area contributed by atoms with Crippen LogP contribution in [0, 0.1) is 0 Å². The van der Waals surface area contributed by atoms with Gasteiger partial charge in [0.15, 0.2) is 0 Å². The molecule has 100 valence electrons. The molecular formula is C14H12N4OS. The summed E-state index contributed by atoms with van der Waals surface area (Å²) in [6.07, 6.45) is 3.15. The number of nitrogens with zero attached hydrogens (tertiary/aromatic N) is 2. The number of carbonyl (C=O) groups excluding carboxylic acids is 1.